The number of rotatable bonds is 3. The van der Waals surface area contributed by atoms with E-state index < -0.39 is 0 Å². The Balaban J connectivity index is 2.01. The Hall–Kier alpha value is -0.120. The molecular weight excluding hydrogens is 186 g/mol. The first kappa shape index (κ1) is 11.4. The molecule has 2 fully saturated rings. The van der Waals surface area contributed by atoms with E-state index in [2.05, 4.69) is 24.1 Å². The van der Waals surface area contributed by atoms with Crippen LogP contribution in [0.25, 0.3) is 0 Å². The van der Waals surface area contributed by atoms with Gasteiger partial charge in [-0.1, -0.05) is 13.8 Å². The van der Waals surface area contributed by atoms with Crippen molar-refractivity contribution in [2.45, 2.75) is 57.2 Å². The van der Waals surface area contributed by atoms with Crippen molar-refractivity contribution in [1.82, 2.24) is 10.2 Å². The van der Waals surface area contributed by atoms with Gasteiger partial charge in [0.05, 0.1) is 0 Å². The van der Waals surface area contributed by atoms with Crippen LogP contribution in [-0.2, 0) is 0 Å². The molecule has 2 saturated heterocycles. The Labute approximate surface area is 93.4 Å². The normalized spacial score (nSPS) is 37.2. The summed E-state index contributed by atoms with van der Waals surface area (Å²) < 4.78 is 0. The molecule has 88 valence electrons. The third-order valence-electron chi connectivity index (χ3n) is 3.99. The molecule has 0 saturated carbocycles. The fraction of sp³-hybridized carbons (Fsp3) is 1.00. The zero-order chi connectivity index (χ0) is 10.9. The Morgan fingerprint density at radius 3 is 2.93 bits per heavy atom. The van der Waals surface area contributed by atoms with E-state index in [0.29, 0.717) is 6.04 Å². The predicted octanol–water partition coefficient (Wildman–Crippen LogP) is 0.940. The summed E-state index contributed by atoms with van der Waals surface area (Å²) in [6, 6.07) is 1.34. The van der Waals surface area contributed by atoms with Crippen LogP contribution in [0.5, 0.6) is 0 Å². The van der Waals surface area contributed by atoms with Gasteiger partial charge in [-0.25, -0.2) is 0 Å². The Morgan fingerprint density at radius 2 is 2.27 bits per heavy atom. The highest BCUT2D eigenvalue weighted by Crippen LogP contribution is 2.32. The molecule has 2 unspecified atom stereocenters. The van der Waals surface area contributed by atoms with E-state index in [1.165, 1.54) is 38.8 Å². The van der Waals surface area contributed by atoms with Gasteiger partial charge in [0.2, 0.25) is 0 Å². The first-order valence-corrected chi connectivity index (χ1v) is 6.37. The van der Waals surface area contributed by atoms with Gasteiger partial charge in [-0.05, 0) is 32.2 Å². The molecule has 0 aromatic rings. The van der Waals surface area contributed by atoms with Crippen LogP contribution in [0.4, 0.5) is 0 Å². The SMILES string of the molecule is CC(C)NC1(CN)CCN2CCCC2C1. The van der Waals surface area contributed by atoms with Gasteiger partial charge < -0.3 is 16.0 Å². The number of nitrogens with two attached hydrogens (primary N) is 1. The summed E-state index contributed by atoms with van der Waals surface area (Å²) in [6.45, 7) is 7.78. The fourth-order valence-electron chi connectivity index (χ4n) is 3.32. The molecule has 2 aliphatic rings. The minimum Gasteiger partial charge on any atom is -0.329 e. The number of hydrogen-bond donors (Lipinski definition) is 2. The van der Waals surface area contributed by atoms with Crippen molar-refractivity contribution in [2.24, 2.45) is 5.73 Å². The average Bonchev–Trinajstić information content (AvgIpc) is 2.63. The van der Waals surface area contributed by atoms with Crippen molar-refractivity contribution in [3.8, 4) is 0 Å². The predicted molar refractivity (Wildman–Crippen MR) is 63.9 cm³/mol. The van der Waals surface area contributed by atoms with E-state index in [0.717, 1.165) is 12.6 Å². The molecule has 0 aromatic carbocycles. The Kier molecular flexibility index (Phi) is 3.33. The maximum Gasteiger partial charge on any atom is 0.0333 e. The van der Waals surface area contributed by atoms with Crippen LogP contribution in [0.1, 0.15) is 39.5 Å². The first-order valence-electron chi connectivity index (χ1n) is 6.37. The molecule has 2 heterocycles. The maximum absolute atomic E-state index is 5.99. The van der Waals surface area contributed by atoms with Crippen molar-refractivity contribution in [3.63, 3.8) is 0 Å². The van der Waals surface area contributed by atoms with Crippen LogP contribution in [0.2, 0.25) is 0 Å². The molecule has 0 bridgehead atoms. The highest BCUT2D eigenvalue weighted by Gasteiger charge is 2.40. The fourth-order valence-corrected chi connectivity index (χ4v) is 3.32. The van der Waals surface area contributed by atoms with Gasteiger partial charge in [0.15, 0.2) is 0 Å². The molecule has 15 heavy (non-hydrogen) atoms. The monoisotopic (exact) mass is 211 g/mol. The molecule has 0 aliphatic carbocycles. The van der Waals surface area contributed by atoms with Gasteiger partial charge >= 0.3 is 0 Å². The lowest BCUT2D eigenvalue weighted by atomic mass is 9.82. The van der Waals surface area contributed by atoms with E-state index in [1.807, 2.05) is 0 Å². The Morgan fingerprint density at radius 1 is 1.47 bits per heavy atom. The van der Waals surface area contributed by atoms with Crippen molar-refractivity contribution in [1.29, 1.82) is 0 Å². The molecule has 3 heteroatoms. The summed E-state index contributed by atoms with van der Waals surface area (Å²) in [4.78, 5) is 2.65. The van der Waals surface area contributed by atoms with Crippen molar-refractivity contribution in [3.05, 3.63) is 0 Å². The summed E-state index contributed by atoms with van der Waals surface area (Å²) in [7, 11) is 0. The molecule has 3 nitrogen and oxygen atoms in total. The topological polar surface area (TPSA) is 41.3 Å². The van der Waals surface area contributed by atoms with Gasteiger partial charge in [-0.2, -0.15) is 0 Å². The molecule has 0 aromatic heterocycles. The maximum atomic E-state index is 5.99. The Bertz CT molecular complexity index is 217. The highest BCUT2D eigenvalue weighted by atomic mass is 15.2. The smallest absolute Gasteiger partial charge is 0.0333 e. The van der Waals surface area contributed by atoms with Crippen molar-refractivity contribution < 1.29 is 0 Å². The summed E-state index contributed by atoms with van der Waals surface area (Å²) in [5.74, 6) is 0. The molecule has 2 rings (SSSR count). The van der Waals surface area contributed by atoms with Gasteiger partial charge in [-0.15, -0.1) is 0 Å². The molecule has 2 aliphatic heterocycles. The van der Waals surface area contributed by atoms with E-state index in [4.69, 9.17) is 5.73 Å². The summed E-state index contributed by atoms with van der Waals surface area (Å²) in [6.07, 6.45) is 5.23. The third-order valence-corrected chi connectivity index (χ3v) is 3.99. The van der Waals surface area contributed by atoms with Crippen molar-refractivity contribution >= 4 is 0 Å². The highest BCUT2D eigenvalue weighted by molar-refractivity contribution is 5.00. The second-order valence-electron chi connectivity index (χ2n) is 5.57. The molecule has 0 amide bonds. The number of piperidine rings is 1. The van der Waals surface area contributed by atoms with Gasteiger partial charge in [-0.3, -0.25) is 0 Å². The number of nitrogens with zero attached hydrogens (tertiary/aromatic N) is 1. The quantitative estimate of drug-likeness (QED) is 0.730. The summed E-state index contributed by atoms with van der Waals surface area (Å²) in [5.41, 5.74) is 6.21. The zero-order valence-corrected chi connectivity index (χ0v) is 10.1. The van der Waals surface area contributed by atoms with Crippen LogP contribution in [0.15, 0.2) is 0 Å². The third kappa shape index (κ3) is 2.35. The molecule has 0 spiro atoms. The molecule has 2 atom stereocenters. The van der Waals surface area contributed by atoms with E-state index in [-0.39, 0.29) is 5.54 Å². The van der Waals surface area contributed by atoms with Crippen molar-refractivity contribution in [2.75, 3.05) is 19.6 Å². The lowest BCUT2D eigenvalue weighted by Gasteiger charge is -2.45. The number of nitrogens with one attached hydrogen (secondary N) is 1. The van der Waals surface area contributed by atoms with E-state index >= 15 is 0 Å². The number of hydrogen-bond acceptors (Lipinski definition) is 3. The van der Waals surface area contributed by atoms with Crippen LogP contribution in [0.3, 0.4) is 0 Å². The molecule has 3 N–H and O–H groups in total. The number of fused-ring (bicyclic) bond motifs is 1. The minimum absolute atomic E-state index is 0.222. The van der Waals surface area contributed by atoms with E-state index in [1.54, 1.807) is 0 Å². The van der Waals surface area contributed by atoms with Gasteiger partial charge in [0.25, 0.3) is 0 Å². The van der Waals surface area contributed by atoms with Crippen LogP contribution >= 0.6 is 0 Å². The summed E-state index contributed by atoms with van der Waals surface area (Å²) >= 11 is 0. The first-order chi connectivity index (χ1) is 7.15. The zero-order valence-electron chi connectivity index (χ0n) is 10.1. The molecular formula is C12H25N3. The largest absolute Gasteiger partial charge is 0.329 e. The van der Waals surface area contributed by atoms with Gasteiger partial charge in [0.1, 0.15) is 0 Å². The van der Waals surface area contributed by atoms with Crippen LogP contribution in [-0.4, -0.2) is 42.2 Å². The average molecular weight is 211 g/mol. The second-order valence-corrected chi connectivity index (χ2v) is 5.57. The van der Waals surface area contributed by atoms with E-state index in [9.17, 15) is 0 Å². The van der Waals surface area contributed by atoms with Gasteiger partial charge in [0, 0.05) is 30.7 Å². The second kappa shape index (κ2) is 4.40. The van der Waals surface area contributed by atoms with Crippen LogP contribution in [0, 0.1) is 0 Å². The minimum atomic E-state index is 0.222. The summed E-state index contributed by atoms with van der Waals surface area (Å²) in [5, 5.41) is 3.71. The lowest BCUT2D eigenvalue weighted by molar-refractivity contribution is 0.105. The van der Waals surface area contributed by atoms with Crippen LogP contribution < -0.4 is 11.1 Å². The standard InChI is InChI=1S/C12H25N3/c1-10(2)14-12(9-13)5-7-15-6-3-4-11(15)8-12/h10-11,14H,3-9,13H2,1-2H3. The lowest BCUT2D eigenvalue weighted by Crippen LogP contribution is -2.61. The molecule has 0 radical (unpaired) electrons.